The Morgan fingerprint density at radius 1 is 1.60 bits per heavy atom. The molecule has 0 aromatic rings. The van der Waals surface area contributed by atoms with Crippen molar-refractivity contribution in [2.75, 3.05) is 0 Å². The van der Waals surface area contributed by atoms with Crippen molar-refractivity contribution < 1.29 is 0 Å². The highest BCUT2D eigenvalue weighted by atomic mass is 33.5. The fraction of sp³-hybridized carbons (Fsp3) is 0. The second-order valence-corrected chi connectivity index (χ2v) is 3.81. The van der Waals surface area contributed by atoms with E-state index in [-0.39, 0.29) is 0 Å². The normalized spacial score (nSPS) is 20.8. The summed E-state index contributed by atoms with van der Waals surface area (Å²) >= 11 is 0. The van der Waals surface area contributed by atoms with Gasteiger partial charge < -0.3 is 0 Å². The van der Waals surface area contributed by atoms with Crippen LogP contribution < -0.4 is 0 Å². The predicted octanol–water partition coefficient (Wildman–Crippen LogP) is 1.85. The molecular formula is CNS3. The standard InChI is InChI=1S/CNS3/c1-2-4-5-3-1. The molecule has 0 N–H and O–H groups in total. The molecule has 0 atom stereocenters. The minimum atomic E-state index is 1.47. The molecule has 4 heteroatoms. The molecule has 0 unspecified atom stereocenters. The van der Waals surface area contributed by atoms with Crippen molar-refractivity contribution in [1.29, 1.82) is 0 Å². The summed E-state index contributed by atoms with van der Waals surface area (Å²) in [4.78, 5) is 0. The topological polar surface area (TPSA) is 12.4 Å². The van der Waals surface area contributed by atoms with Gasteiger partial charge in [-0.2, -0.15) is 4.40 Å². The van der Waals surface area contributed by atoms with Crippen molar-refractivity contribution in [2.24, 2.45) is 4.40 Å². The van der Waals surface area contributed by atoms with Gasteiger partial charge in [-0.05, 0) is 10.8 Å². The van der Waals surface area contributed by atoms with Gasteiger partial charge in [0.05, 0.1) is 11.0 Å². The van der Waals surface area contributed by atoms with Crippen LogP contribution in [0.3, 0.4) is 0 Å². The van der Waals surface area contributed by atoms with E-state index in [2.05, 4.69) is 9.94 Å². The Labute approximate surface area is 41.9 Å². The molecule has 1 radical (unpaired) electrons. The smallest absolute Gasteiger partial charge is 0.151 e. The van der Waals surface area contributed by atoms with Crippen LogP contribution in [-0.4, -0.2) is 5.55 Å². The van der Waals surface area contributed by atoms with E-state index in [4.69, 9.17) is 0 Å². The molecule has 5 heavy (non-hydrogen) atoms. The van der Waals surface area contributed by atoms with Crippen LogP contribution in [0, 0.1) is 0 Å². The van der Waals surface area contributed by atoms with Crippen molar-refractivity contribution in [3.05, 3.63) is 0 Å². The molecule has 0 saturated heterocycles. The Balaban J connectivity index is 2.32. The molecule has 1 heterocycles. The zero-order valence-electron chi connectivity index (χ0n) is 2.17. The van der Waals surface area contributed by atoms with Gasteiger partial charge in [-0.25, -0.2) is 0 Å². The van der Waals surface area contributed by atoms with Crippen LogP contribution in [0.4, 0.5) is 0 Å². The lowest BCUT2D eigenvalue weighted by Crippen LogP contribution is -1.32. The SMILES string of the molecule is [C]1=NSSS1. The first-order valence-corrected chi connectivity index (χ1v) is 4.38. The van der Waals surface area contributed by atoms with Crippen LogP contribution in [0.15, 0.2) is 4.40 Å². The fourth-order valence-electron chi connectivity index (χ4n) is 0.0761. The van der Waals surface area contributed by atoms with Gasteiger partial charge in [0.2, 0.25) is 0 Å². The third kappa shape index (κ3) is 1.07. The number of rotatable bonds is 0. The minimum Gasteiger partial charge on any atom is -0.194 e. The van der Waals surface area contributed by atoms with Gasteiger partial charge in [0.15, 0.2) is 5.55 Å². The summed E-state index contributed by atoms with van der Waals surface area (Å²) in [5, 5.41) is 0. The molecule has 0 aromatic heterocycles. The largest absolute Gasteiger partial charge is 0.194 e. The van der Waals surface area contributed by atoms with Gasteiger partial charge in [0.25, 0.3) is 0 Å². The molecule has 0 bridgehead atoms. The highest BCUT2D eigenvalue weighted by molar-refractivity contribution is 9.12. The molecule has 27 valence electrons. The van der Waals surface area contributed by atoms with Gasteiger partial charge in [0, 0.05) is 9.83 Å². The molecule has 0 aliphatic carbocycles. The number of hydrogen-bond acceptors (Lipinski definition) is 4. The monoisotopic (exact) mass is 122 g/mol. The first kappa shape index (κ1) is 3.89. The molecule has 1 nitrogen and oxygen atoms in total. The van der Waals surface area contributed by atoms with E-state index in [1.165, 1.54) is 21.8 Å². The van der Waals surface area contributed by atoms with Crippen LogP contribution >= 0.6 is 31.6 Å². The lowest BCUT2D eigenvalue weighted by Gasteiger charge is -1.64. The van der Waals surface area contributed by atoms with Crippen LogP contribution in [0.5, 0.6) is 0 Å². The van der Waals surface area contributed by atoms with Crippen molar-refractivity contribution in [1.82, 2.24) is 0 Å². The molecule has 0 amide bonds. The second-order valence-electron chi connectivity index (χ2n) is 0.408. The van der Waals surface area contributed by atoms with E-state index in [1.807, 2.05) is 0 Å². The van der Waals surface area contributed by atoms with E-state index < -0.39 is 0 Å². The van der Waals surface area contributed by atoms with Gasteiger partial charge in [-0.1, -0.05) is 0 Å². The number of nitrogens with zero attached hydrogens (tertiary/aromatic N) is 1. The van der Waals surface area contributed by atoms with E-state index in [9.17, 15) is 0 Å². The first-order chi connectivity index (χ1) is 2.50. The van der Waals surface area contributed by atoms with Crippen molar-refractivity contribution in [3.63, 3.8) is 0 Å². The van der Waals surface area contributed by atoms with E-state index in [0.717, 1.165) is 0 Å². The van der Waals surface area contributed by atoms with Crippen LogP contribution in [0.25, 0.3) is 0 Å². The molecule has 1 rings (SSSR count). The summed E-state index contributed by atoms with van der Waals surface area (Å²) in [5.74, 6) is 0. The van der Waals surface area contributed by atoms with Crippen LogP contribution in [-0.2, 0) is 0 Å². The molecule has 0 fully saturated rings. The Kier molecular flexibility index (Phi) is 1.56. The number of hydrogen-bond donors (Lipinski definition) is 0. The molecule has 0 aromatic carbocycles. The van der Waals surface area contributed by atoms with Gasteiger partial charge in [0.1, 0.15) is 0 Å². The van der Waals surface area contributed by atoms with E-state index >= 15 is 0 Å². The Hall–Kier alpha value is 0.720. The average Bonchev–Trinajstić information content (AvgIpc) is 1.76. The summed E-state index contributed by atoms with van der Waals surface area (Å²) in [5.41, 5.74) is 2.69. The van der Waals surface area contributed by atoms with Crippen molar-refractivity contribution in [3.8, 4) is 0 Å². The summed E-state index contributed by atoms with van der Waals surface area (Å²) in [6.45, 7) is 0. The molecule has 1 aliphatic rings. The zero-order valence-corrected chi connectivity index (χ0v) is 4.62. The molecular weight excluding hydrogens is 122 g/mol. The van der Waals surface area contributed by atoms with Crippen molar-refractivity contribution in [2.45, 2.75) is 0 Å². The van der Waals surface area contributed by atoms with Gasteiger partial charge in [-0.15, -0.1) is 0 Å². The van der Waals surface area contributed by atoms with Crippen LogP contribution in [0.2, 0.25) is 0 Å². The third-order valence-corrected chi connectivity index (χ3v) is 2.75. The maximum absolute atomic E-state index is 3.68. The first-order valence-electron chi connectivity index (χ1n) is 0.944. The van der Waals surface area contributed by atoms with Crippen molar-refractivity contribution >= 4 is 37.1 Å². The van der Waals surface area contributed by atoms with E-state index in [0.29, 0.717) is 0 Å². The fourth-order valence-corrected chi connectivity index (χ4v) is 2.05. The molecule has 1 aliphatic heterocycles. The highest BCUT2D eigenvalue weighted by Gasteiger charge is 1.90. The zero-order chi connectivity index (χ0) is 3.54. The quantitative estimate of drug-likeness (QED) is 0.359. The molecule has 0 spiro atoms. The molecule has 0 saturated carbocycles. The third-order valence-electron chi connectivity index (χ3n) is 0.176. The minimum absolute atomic E-state index is 1.47. The summed E-state index contributed by atoms with van der Waals surface area (Å²) < 4.78 is 3.68. The average molecular weight is 122 g/mol. The van der Waals surface area contributed by atoms with Gasteiger partial charge in [-0.3, -0.25) is 0 Å². The maximum atomic E-state index is 3.68. The Morgan fingerprint density at radius 3 is 2.80 bits per heavy atom. The summed E-state index contributed by atoms with van der Waals surface area (Å²) in [6.07, 6.45) is 0. The summed E-state index contributed by atoms with van der Waals surface area (Å²) in [6, 6.07) is 0. The lowest BCUT2D eigenvalue weighted by atomic mass is 11.7. The predicted molar refractivity (Wildman–Crippen MR) is 30.2 cm³/mol. The lowest BCUT2D eigenvalue weighted by molar-refractivity contribution is 2.06. The second kappa shape index (κ2) is 2.00. The van der Waals surface area contributed by atoms with Gasteiger partial charge >= 0.3 is 0 Å². The Morgan fingerprint density at radius 2 is 2.60 bits per heavy atom. The Bertz CT molecular complexity index is 44.9. The maximum Gasteiger partial charge on any atom is 0.151 e. The highest BCUT2D eigenvalue weighted by Crippen LogP contribution is 2.39. The van der Waals surface area contributed by atoms with E-state index in [1.54, 1.807) is 9.83 Å². The van der Waals surface area contributed by atoms with Crippen LogP contribution in [0.1, 0.15) is 0 Å². The summed E-state index contributed by atoms with van der Waals surface area (Å²) in [7, 11) is 4.63.